The summed E-state index contributed by atoms with van der Waals surface area (Å²) >= 11 is 0. The summed E-state index contributed by atoms with van der Waals surface area (Å²) in [5, 5.41) is 13.1. The fourth-order valence-corrected chi connectivity index (χ4v) is 2.36. The number of aromatic hydroxyl groups is 1. The lowest BCUT2D eigenvalue weighted by molar-refractivity contribution is 0.0601. The van der Waals surface area contributed by atoms with E-state index in [1.807, 2.05) is 0 Å². The minimum absolute atomic E-state index is 0.174. The van der Waals surface area contributed by atoms with Gasteiger partial charge in [0.2, 0.25) is 0 Å². The van der Waals surface area contributed by atoms with E-state index in [2.05, 4.69) is 10.1 Å². The molecule has 0 saturated heterocycles. The molecule has 0 unspecified atom stereocenters. The van der Waals surface area contributed by atoms with Gasteiger partial charge < -0.3 is 15.2 Å². The molecule has 0 aromatic heterocycles. The molecule has 0 heterocycles. The summed E-state index contributed by atoms with van der Waals surface area (Å²) < 4.78 is 4.67. The number of rotatable bonds is 3. The Bertz CT molecular complexity index is 425. The number of methoxy groups -OCH3 is 1. The average Bonchev–Trinajstić information content (AvgIpc) is 2.41. The molecule has 1 saturated carbocycles. The van der Waals surface area contributed by atoms with Crippen LogP contribution >= 0.6 is 0 Å². The van der Waals surface area contributed by atoms with Crippen LogP contribution in [-0.4, -0.2) is 24.2 Å². The van der Waals surface area contributed by atoms with Crippen LogP contribution in [0.4, 0.5) is 5.69 Å². The van der Waals surface area contributed by atoms with Crippen molar-refractivity contribution in [2.75, 3.05) is 12.4 Å². The lowest BCUT2D eigenvalue weighted by atomic mass is 9.95. The standard InChI is InChI=1S/C14H19NO3/c1-18-14(17)10-7-8-13(16)12(9-10)15-11-5-3-2-4-6-11/h7-9,11,15-16H,2-6H2,1H3. The Balaban J connectivity index is 2.12. The number of anilines is 1. The van der Waals surface area contributed by atoms with Crippen molar-refractivity contribution in [1.29, 1.82) is 0 Å². The van der Waals surface area contributed by atoms with E-state index in [0.717, 1.165) is 12.8 Å². The van der Waals surface area contributed by atoms with Crippen LogP contribution < -0.4 is 5.32 Å². The molecule has 1 fully saturated rings. The number of benzene rings is 1. The number of phenols is 1. The van der Waals surface area contributed by atoms with Crippen molar-refractivity contribution >= 4 is 11.7 Å². The number of phenolic OH excluding ortho intramolecular Hbond substituents is 1. The molecule has 98 valence electrons. The maximum Gasteiger partial charge on any atom is 0.337 e. The average molecular weight is 249 g/mol. The molecule has 0 bridgehead atoms. The zero-order valence-electron chi connectivity index (χ0n) is 10.6. The molecular formula is C14H19NO3. The van der Waals surface area contributed by atoms with Crippen molar-refractivity contribution in [3.8, 4) is 5.75 Å². The van der Waals surface area contributed by atoms with Gasteiger partial charge in [-0.1, -0.05) is 19.3 Å². The van der Waals surface area contributed by atoms with Gasteiger partial charge in [-0.15, -0.1) is 0 Å². The van der Waals surface area contributed by atoms with Gasteiger partial charge in [-0.3, -0.25) is 0 Å². The van der Waals surface area contributed by atoms with E-state index in [-0.39, 0.29) is 11.7 Å². The van der Waals surface area contributed by atoms with Crippen molar-refractivity contribution in [1.82, 2.24) is 0 Å². The van der Waals surface area contributed by atoms with Gasteiger partial charge in [-0.25, -0.2) is 4.79 Å². The Morgan fingerprint density at radius 3 is 2.72 bits per heavy atom. The van der Waals surface area contributed by atoms with Crippen molar-refractivity contribution < 1.29 is 14.6 Å². The molecular weight excluding hydrogens is 230 g/mol. The monoisotopic (exact) mass is 249 g/mol. The van der Waals surface area contributed by atoms with Crippen LogP contribution in [0, 0.1) is 0 Å². The van der Waals surface area contributed by atoms with Gasteiger partial charge in [0.25, 0.3) is 0 Å². The summed E-state index contributed by atoms with van der Waals surface area (Å²) in [5.74, 6) is -0.213. The third-order valence-electron chi connectivity index (χ3n) is 3.38. The third-order valence-corrected chi connectivity index (χ3v) is 3.38. The van der Waals surface area contributed by atoms with Gasteiger partial charge in [0, 0.05) is 6.04 Å². The molecule has 4 heteroatoms. The lowest BCUT2D eigenvalue weighted by Gasteiger charge is -2.24. The largest absolute Gasteiger partial charge is 0.506 e. The second kappa shape index (κ2) is 5.76. The number of carbonyl (C=O) groups is 1. The van der Waals surface area contributed by atoms with Crippen LogP contribution in [0.15, 0.2) is 18.2 Å². The molecule has 0 spiro atoms. The molecule has 0 aliphatic heterocycles. The number of ether oxygens (including phenoxy) is 1. The van der Waals surface area contributed by atoms with Crippen LogP contribution in [0.5, 0.6) is 5.75 Å². The third kappa shape index (κ3) is 2.94. The Morgan fingerprint density at radius 2 is 2.06 bits per heavy atom. The molecule has 1 aromatic rings. The summed E-state index contributed by atoms with van der Waals surface area (Å²) in [6.07, 6.45) is 5.94. The first-order valence-corrected chi connectivity index (χ1v) is 6.38. The van der Waals surface area contributed by atoms with Crippen molar-refractivity contribution in [3.63, 3.8) is 0 Å². The number of carbonyl (C=O) groups excluding carboxylic acids is 1. The highest BCUT2D eigenvalue weighted by Gasteiger charge is 2.16. The molecule has 2 N–H and O–H groups in total. The van der Waals surface area contributed by atoms with Crippen LogP contribution in [0.25, 0.3) is 0 Å². The van der Waals surface area contributed by atoms with Gasteiger partial charge in [0.05, 0.1) is 18.4 Å². The number of hydrogen-bond acceptors (Lipinski definition) is 4. The number of nitrogens with one attached hydrogen (secondary N) is 1. The SMILES string of the molecule is COC(=O)c1ccc(O)c(NC2CCCCC2)c1. The smallest absolute Gasteiger partial charge is 0.337 e. The zero-order valence-corrected chi connectivity index (χ0v) is 10.6. The predicted octanol–water partition coefficient (Wildman–Crippen LogP) is 2.92. The molecule has 4 nitrogen and oxygen atoms in total. The Hall–Kier alpha value is -1.71. The van der Waals surface area contributed by atoms with E-state index < -0.39 is 0 Å². The maximum absolute atomic E-state index is 11.4. The molecule has 0 radical (unpaired) electrons. The van der Waals surface area contributed by atoms with Crippen molar-refractivity contribution in [3.05, 3.63) is 23.8 Å². The Morgan fingerprint density at radius 1 is 1.33 bits per heavy atom. The van der Waals surface area contributed by atoms with E-state index in [1.54, 1.807) is 12.1 Å². The summed E-state index contributed by atoms with van der Waals surface area (Å²) in [5.41, 5.74) is 1.07. The summed E-state index contributed by atoms with van der Waals surface area (Å²) in [6.45, 7) is 0. The van der Waals surface area contributed by atoms with E-state index in [9.17, 15) is 9.90 Å². The molecule has 0 amide bonds. The predicted molar refractivity (Wildman–Crippen MR) is 69.9 cm³/mol. The van der Waals surface area contributed by atoms with E-state index in [4.69, 9.17) is 0 Å². The van der Waals surface area contributed by atoms with Gasteiger partial charge >= 0.3 is 5.97 Å². The molecule has 2 rings (SSSR count). The quantitative estimate of drug-likeness (QED) is 0.638. The Kier molecular flexibility index (Phi) is 4.07. The highest BCUT2D eigenvalue weighted by Crippen LogP contribution is 2.28. The maximum atomic E-state index is 11.4. The molecule has 1 aliphatic rings. The van der Waals surface area contributed by atoms with Crippen LogP contribution in [0.2, 0.25) is 0 Å². The van der Waals surface area contributed by atoms with E-state index in [1.165, 1.54) is 32.4 Å². The van der Waals surface area contributed by atoms with Gasteiger partial charge in [0.1, 0.15) is 5.75 Å². The first-order chi connectivity index (χ1) is 8.70. The number of esters is 1. The molecule has 1 aliphatic carbocycles. The second-order valence-electron chi connectivity index (χ2n) is 4.70. The van der Waals surface area contributed by atoms with Crippen LogP contribution in [0.3, 0.4) is 0 Å². The summed E-state index contributed by atoms with van der Waals surface area (Å²) in [7, 11) is 1.35. The first kappa shape index (κ1) is 12.7. The minimum Gasteiger partial charge on any atom is -0.506 e. The highest BCUT2D eigenvalue weighted by atomic mass is 16.5. The van der Waals surface area contributed by atoms with E-state index >= 15 is 0 Å². The van der Waals surface area contributed by atoms with Crippen molar-refractivity contribution in [2.45, 2.75) is 38.1 Å². The number of hydrogen-bond donors (Lipinski definition) is 2. The van der Waals surface area contributed by atoms with Gasteiger partial charge in [-0.05, 0) is 31.0 Å². The van der Waals surface area contributed by atoms with Crippen LogP contribution in [0.1, 0.15) is 42.5 Å². The highest BCUT2D eigenvalue weighted by molar-refractivity contribution is 5.91. The molecule has 1 aromatic carbocycles. The minimum atomic E-state index is -0.387. The summed E-state index contributed by atoms with van der Waals surface area (Å²) in [6, 6.07) is 5.12. The molecule has 18 heavy (non-hydrogen) atoms. The molecule has 0 atom stereocenters. The van der Waals surface area contributed by atoms with Crippen molar-refractivity contribution in [2.24, 2.45) is 0 Å². The van der Waals surface area contributed by atoms with Crippen LogP contribution in [-0.2, 0) is 4.74 Å². The second-order valence-corrected chi connectivity index (χ2v) is 4.70. The fraction of sp³-hybridized carbons (Fsp3) is 0.500. The lowest BCUT2D eigenvalue weighted by Crippen LogP contribution is -2.22. The topological polar surface area (TPSA) is 58.6 Å². The zero-order chi connectivity index (χ0) is 13.0. The first-order valence-electron chi connectivity index (χ1n) is 6.38. The fourth-order valence-electron chi connectivity index (χ4n) is 2.36. The summed E-state index contributed by atoms with van der Waals surface area (Å²) in [4.78, 5) is 11.4. The van der Waals surface area contributed by atoms with Gasteiger partial charge in [-0.2, -0.15) is 0 Å². The van der Waals surface area contributed by atoms with Gasteiger partial charge in [0.15, 0.2) is 0 Å². The normalized spacial score (nSPS) is 16.3. The Labute approximate surface area is 107 Å². The van der Waals surface area contributed by atoms with E-state index in [0.29, 0.717) is 17.3 Å².